The van der Waals surface area contributed by atoms with E-state index in [9.17, 15) is 9.59 Å². The Morgan fingerprint density at radius 3 is 2.70 bits per heavy atom. The summed E-state index contributed by atoms with van der Waals surface area (Å²) in [5.74, 6) is -0.348. The molecule has 6 heteroatoms. The minimum absolute atomic E-state index is 0.0516. The van der Waals surface area contributed by atoms with E-state index in [1.807, 2.05) is 6.07 Å². The summed E-state index contributed by atoms with van der Waals surface area (Å²) in [6.45, 7) is 0.0799. The lowest BCUT2D eigenvalue weighted by molar-refractivity contribution is -0.117. The van der Waals surface area contributed by atoms with Crippen LogP contribution < -0.4 is 10.2 Å². The van der Waals surface area contributed by atoms with E-state index in [1.165, 1.54) is 4.90 Å². The Balaban J connectivity index is 1.91. The number of Topliss-reactive ketones (excluding diaryl/α,β-unsaturated/α-hetero) is 1. The molecule has 0 saturated heterocycles. The molecule has 1 N–H and O–H groups in total. The van der Waals surface area contributed by atoms with E-state index < -0.39 is 0 Å². The Morgan fingerprint density at radius 2 is 2.00 bits per heavy atom. The number of carbonyl (C=O) groups is 2. The van der Waals surface area contributed by atoms with Gasteiger partial charge in [-0.3, -0.25) is 9.59 Å². The zero-order chi connectivity index (χ0) is 16.4. The van der Waals surface area contributed by atoms with Gasteiger partial charge in [-0.05, 0) is 30.3 Å². The van der Waals surface area contributed by atoms with Crippen molar-refractivity contribution in [2.75, 3.05) is 23.3 Å². The number of nitrogens with zero attached hydrogens (tertiary/aromatic N) is 2. The summed E-state index contributed by atoms with van der Waals surface area (Å²) in [6.07, 6.45) is 0. The van der Waals surface area contributed by atoms with Crippen LogP contribution in [0.2, 0.25) is 0 Å². The molecule has 0 aromatic heterocycles. The molecular formula is C17H12BrN3O2. The summed E-state index contributed by atoms with van der Waals surface area (Å²) in [5, 5.41) is 12.0. The summed E-state index contributed by atoms with van der Waals surface area (Å²) >= 11 is 3.33. The van der Waals surface area contributed by atoms with E-state index in [0.717, 1.165) is 10.2 Å². The van der Waals surface area contributed by atoms with Gasteiger partial charge in [0.15, 0.2) is 5.78 Å². The number of hydrogen-bond acceptors (Lipinski definition) is 4. The van der Waals surface area contributed by atoms with Crippen molar-refractivity contribution >= 4 is 39.0 Å². The van der Waals surface area contributed by atoms with Crippen molar-refractivity contribution in [2.45, 2.75) is 0 Å². The number of halogens is 1. The Labute approximate surface area is 141 Å². The SMILES string of the molecule is N#Cc1ccc2c(c1)N(CC(=O)c1ccc(Br)cc1)C(=O)CN2. The van der Waals surface area contributed by atoms with Gasteiger partial charge in [-0.2, -0.15) is 5.26 Å². The van der Waals surface area contributed by atoms with Gasteiger partial charge in [-0.15, -0.1) is 0 Å². The first kappa shape index (κ1) is 15.3. The maximum absolute atomic E-state index is 12.4. The van der Waals surface area contributed by atoms with Crippen molar-refractivity contribution in [3.8, 4) is 6.07 Å². The van der Waals surface area contributed by atoms with E-state index in [1.54, 1.807) is 42.5 Å². The van der Waals surface area contributed by atoms with Crippen LogP contribution in [0.25, 0.3) is 0 Å². The van der Waals surface area contributed by atoms with Gasteiger partial charge in [0, 0.05) is 10.0 Å². The van der Waals surface area contributed by atoms with Gasteiger partial charge in [0.25, 0.3) is 0 Å². The summed E-state index contributed by atoms with van der Waals surface area (Å²) < 4.78 is 0.885. The lowest BCUT2D eigenvalue weighted by Gasteiger charge is -2.29. The van der Waals surface area contributed by atoms with Crippen LogP contribution in [0.15, 0.2) is 46.9 Å². The third-order valence-corrected chi connectivity index (χ3v) is 4.15. The maximum atomic E-state index is 12.4. The van der Waals surface area contributed by atoms with Crippen LogP contribution in [-0.2, 0) is 4.79 Å². The molecular weight excluding hydrogens is 358 g/mol. The molecule has 3 rings (SSSR count). The Bertz CT molecular complexity index is 825. The number of benzene rings is 2. The second kappa shape index (κ2) is 6.23. The van der Waals surface area contributed by atoms with Gasteiger partial charge >= 0.3 is 0 Å². The van der Waals surface area contributed by atoms with E-state index in [4.69, 9.17) is 5.26 Å². The Morgan fingerprint density at radius 1 is 1.26 bits per heavy atom. The molecule has 114 valence electrons. The van der Waals surface area contributed by atoms with Gasteiger partial charge in [0.05, 0.1) is 36.1 Å². The molecule has 1 aliphatic heterocycles. The standard InChI is InChI=1S/C17H12BrN3O2/c18-13-4-2-12(3-5-13)16(22)10-21-15-7-11(8-19)1-6-14(15)20-9-17(21)23/h1-7,20H,9-10H2. The lowest BCUT2D eigenvalue weighted by Crippen LogP contribution is -2.42. The fraction of sp³-hybridized carbons (Fsp3) is 0.118. The molecule has 0 spiro atoms. The number of nitrogens with one attached hydrogen (secondary N) is 1. The van der Waals surface area contributed by atoms with Crippen LogP contribution in [0.1, 0.15) is 15.9 Å². The summed E-state index contributed by atoms with van der Waals surface area (Å²) in [5.41, 5.74) is 2.29. The fourth-order valence-electron chi connectivity index (χ4n) is 2.42. The first-order valence-corrected chi connectivity index (χ1v) is 7.75. The number of hydrogen-bond donors (Lipinski definition) is 1. The van der Waals surface area contributed by atoms with Crippen LogP contribution in [0, 0.1) is 11.3 Å². The molecule has 0 atom stereocenters. The molecule has 0 aliphatic carbocycles. The van der Waals surface area contributed by atoms with Crippen molar-refractivity contribution in [1.29, 1.82) is 5.26 Å². The predicted molar refractivity (Wildman–Crippen MR) is 90.5 cm³/mol. The molecule has 1 heterocycles. The van der Waals surface area contributed by atoms with Crippen molar-refractivity contribution in [3.63, 3.8) is 0 Å². The van der Waals surface area contributed by atoms with Gasteiger partial charge < -0.3 is 10.2 Å². The van der Waals surface area contributed by atoms with Crippen LogP contribution in [0.4, 0.5) is 11.4 Å². The highest BCUT2D eigenvalue weighted by atomic mass is 79.9. The Kier molecular flexibility index (Phi) is 4.13. The summed E-state index contributed by atoms with van der Waals surface area (Å²) in [4.78, 5) is 26.1. The number of carbonyl (C=O) groups excluding carboxylic acids is 2. The van der Waals surface area contributed by atoms with Crippen molar-refractivity contribution in [3.05, 3.63) is 58.1 Å². The number of rotatable bonds is 3. The van der Waals surface area contributed by atoms with Crippen molar-refractivity contribution in [1.82, 2.24) is 0 Å². The monoisotopic (exact) mass is 369 g/mol. The molecule has 0 fully saturated rings. The van der Waals surface area contributed by atoms with Gasteiger partial charge in [0.2, 0.25) is 5.91 Å². The van der Waals surface area contributed by atoms with Crippen LogP contribution in [0.3, 0.4) is 0 Å². The van der Waals surface area contributed by atoms with E-state index in [-0.39, 0.29) is 24.8 Å². The molecule has 0 unspecified atom stereocenters. The molecule has 23 heavy (non-hydrogen) atoms. The first-order valence-electron chi connectivity index (χ1n) is 6.95. The normalized spacial score (nSPS) is 13.0. The van der Waals surface area contributed by atoms with Crippen LogP contribution in [0.5, 0.6) is 0 Å². The minimum Gasteiger partial charge on any atom is -0.374 e. The van der Waals surface area contributed by atoms with Crippen molar-refractivity contribution < 1.29 is 9.59 Å². The molecule has 0 radical (unpaired) electrons. The fourth-order valence-corrected chi connectivity index (χ4v) is 2.68. The number of ketones is 1. The van der Waals surface area contributed by atoms with Gasteiger partial charge in [-0.1, -0.05) is 28.1 Å². The molecule has 0 saturated carbocycles. The average Bonchev–Trinajstić information content (AvgIpc) is 2.57. The third kappa shape index (κ3) is 3.10. The van der Waals surface area contributed by atoms with E-state index in [2.05, 4.69) is 21.2 Å². The molecule has 5 nitrogen and oxygen atoms in total. The lowest BCUT2D eigenvalue weighted by atomic mass is 10.1. The second-order valence-electron chi connectivity index (χ2n) is 5.11. The minimum atomic E-state index is -0.196. The van der Waals surface area contributed by atoms with Crippen molar-refractivity contribution in [2.24, 2.45) is 0 Å². The number of anilines is 2. The summed E-state index contributed by atoms with van der Waals surface area (Å²) in [6, 6.07) is 14.1. The van der Waals surface area contributed by atoms with Crippen LogP contribution in [-0.4, -0.2) is 24.8 Å². The zero-order valence-electron chi connectivity index (χ0n) is 12.0. The van der Waals surface area contributed by atoms with Gasteiger partial charge in [0.1, 0.15) is 0 Å². The van der Waals surface area contributed by atoms with Crippen LogP contribution >= 0.6 is 15.9 Å². The second-order valence-corrected chi connectivity index (χ2v) is 6.02. The largest absolute Gasteiger partial charge is 0.374 e. The topological polar surface area (TPSA) is 73.2 Å². The highest BCUT2D eigenvalue weighted by Gasteiger charge is 2.26. The highest BCUT2D eigenvalue weighted by Crippen LogP contribution is 2.30. The smallest absolute Gasteiger partial charge is 0.246 e. The maximum Gasteiger partial charge on any atom is 0.246 e. The average molecular weight is 370 g/mol. The van der Waals surface area contributed by atoms with E-state index in [0.29, 0.717) is 16.8 Å². The zero-order valence-corrected chi connectivity index (χ0v) is 13.6. The summed E-state index contributed by atoms with van der Waals surface area (Å²) in [7, 11) is 0. The van der Waals surface area contributed by atoms with Gasteiger partial charge in [-0.25, -0.2) is 0 Å². The molecule has 2 aromatic carbocycles. The number of amides is 1. The molecule has 1 amide bonds. The van der Waals surface area contributed by atoms with E-state index >= 15 is 0 Å². The quantitative estimate of drug-likeness (QED) is 0.844. The number of nitriles is 1. The first-order chi connectivity index (χ1) is 11.1. The molecule has 0 bridgehead atoms. The molecule has 1 aliphatic rings. The predicted octanol–water partition coefficient (Wildman–Crippen LogP) is 2.96. The number of fused-ring (bicyclic) bond motifs is 1. The molecule has 2 aromatic rings. The Hall–Kier alpha value is -2.65. The third-order valence-electron chi connectivity index (χ3n) is 3.62. The highest BCUT2D eigenvalue weighted by molar-refractivity contribution is 9.10.